The second-order valence-electron chi connectivity index (χ2n) is 6.10. The van der Waals surface area contributed by atoms with Crippen molar-refractivity contribution >= 4 is 0 Å². The maximum atomic E-state index is 3.60. The second-order valence-corrected chi connectivity index (χ2v) is 6.10. The molecule has 1 aliphatic heterocycles. The third-order valence-corrected chi connectivity index (χ3v) is 5.35. The molecule has 1 saturated heterocycles. The summed E-state index contributed by atoms with van der Waals surface area (Å²) in [7, 11) is 4.49. The first-order valence-electron chi connectivity index (χ1n) is 6.17. The van der Waals surface area contributed by atoms with Gasteiger partial charge in [0.05, 0.1) is 0 Å². The monoisotopic (exact) mass is 206 g/mol. The Morgan fingerprint density at radius 1 is 1.13 bits per heavy atom. The average Bonchev–Trinajstić information content (AvgIpc) is 2.69. The maximum absolute atomic E-state index is 3.60. The molecule has 1 N–H and O–H groups in total. The van der Waals surface area contributed by atoms with Gasteiger partial charge in [0.1, 0.15) is 0 Å². The van der Waals surface area contributed by atoms with E-state index in [1.54, 1.807) is 0 Å². The Hall–Kier alpha value is -0.340. The van der Waals surface area contributed by atoms with E-state index in [9.17, 15) is 0 Å². The smallest absolute Gasteiger partial charge is 0.0429 e. The normalized spacial score (nSPS) is 52.5. The van der Waals surface area contributed by atoms with Crippen LogP contribution in [0.2, 0.25) is 0 Å². The molecule has 0 aromatic heterocycles. The average molecular weight is 206 g/mol. The molecule has 2 fully saturated rings. The van der Waals surface area contributed by atoms with Crippen molar-refractivity contribution in [1.82, 2.24) is 10.2 Å². The number of fused-ring (bicyclic) bond motifs is 1. The van der Waals surface area contributed by atoms with E-state index in [1.807, 2.05) is 0 Å². The molecular formula is C13H22N2. The highest BCUT2D eigenvalue weighted by atomic mass is 15.2. The summed E-state index contributed by atoms with van der Waals surface area (Å²) >= 11 is 0. The Kier molecular flexibility index (Phi) is 1.88. The first-order chi connectivity index (χ1) is 7.08. The molecule has 1 heterocycles. The summed E-state index contributed by atoms with van der Waals surface area (Å²) in [6.07, 6.45) is 7.72. The molecule has 0 aromatic rings. The van der Waals surface area contributed by atoms with E-state index in [4.69, 9.17) is 0 Å². The van der Waals surface area contributed by atoms with E-state index in [-0.39, 0.29) is 0 Å². The highest BCUT2D eigenvalue weighted by molar-refractivity contribution is 5.27. The number of nitrogens with one attached hydrogen (secondary N) is 1. The molecule has 1 saturated carbocycles. The first-order valence-corrected chi connectivity index (χ1v) is 6.17. The minimum Gasteiger partial charge on any atom is -0.316 e. The molecule has 2 nitrogen and oxygen atoms in total. The lowest BCUT2D eigenvalue weighted by Crippen LogP contribution is -2.60. The van der Waals surface area contributed by atoms with E-state index in [0.717, 1.165) is 11.8 Å². The summed E-state index contributed by atoms with van der Waals surface area (Å²) in [6, 6.07) is 0. The molecule has 3 aliphatic carbocycles. The topological polar surface area (TPSA) is 15.3 Å². The molecule has 4 rings (SSSR count). The van der Waals surface area contributed by atoms with Crippen LogP contribution in [0.4, 0.5) is 0 Å². The van der Waals surface area contributed by atoms with Gasteiger partial charge in [0.15, 0.2) is 0 Å². The van der Waals surface area contributed by atoms with Crippen molar-refractivity contribution in [3.63, 3.8) is 0 Å². The minimum atomic E-state index is 0.353. The molecule has 0 radical (unpaired) electrons. The van der Waals surface area contributed by atoms with Gasteiger partial charge in [0.2, 0.25) is 0 Å². The molecule has 2 heteroatoms. The number of rotatable bonds is 1. The summed E-state index contributed by atoms with van der Waals surface area (Å²) in [5, 5.41) is 3.60. The third-order valence-electron chi connectivity index (χ3n) is 5.35. The SMILES string of the molecule is CN(C)C12C=CC(C)(CC1)C1CNCC12. The van der Waals surface area contributed by atoms with Gasteiger partial charge >= 0.3 is 0 Å². The second kappa shape index (κ2) is 2.86. The zero-order valence-corrected chi connectivity index (χ0v) is 10.1. The summed E-state index contributed by atoms with van der Waals surface area (Å²) in [5.41, 5.74) is 0.831. The molecule has 0 aromatic carbocycles. The molecule has 4 atom stereocenters. The van der Waals surface area contributed by atoms with Crippen LogP contribution < -0.4 is 5.32 Å². The number of hydrogen-bond acceptors (Lipinski definition) is 2. The third kappa shape index (κ3) is 1.07. The van der Waals surface area contributed by atoms with Crippen LogP contribution in [0.5, 0.6) is 0 Å². The fraction of sp³-hybridized carbons (Fsp3) is 0.846. The zero-order chi connectivity index (χ0) is 10.7. The van der Waals surface area contributed by atoms with Crippen molar-refractivity contribution in [3.05, 3.63) is 12.2 Å². The van der Waals surface area contributed by atoms with Gasteiger partial charge in [-0.1, -0.05) is 19.1 Å². The van der Waals surface area contributed by atoms with E-state index in [1.165, 1.54) is 25.9 Å². The van der Waals surface area contributed by atoms with Gasteiger partial charge in [-0.2, -0.15) is 0 Å². The van der Waals surface area contributed by atoms with Crippen molar-refractivity contribution in [2.24, 2.45) is 17.3 Å². The van der Waals surface area contributed by atoms with Crippen LogP contribution in [-0.4, -0.2) is 37.6 Å². The number of likely N-dealkylation sites (N-methyl/N-ethyl adjacent to an activating group) is 1. The van der Waals surface area contributed by atoms with Crippen molar-refractivity contribution in [1.29, 1.82) is 0 Å². The Labute approximate surface area is 92.7 Å². The van der Waals surface area contributed by atoms with E-state index in [2.05, 4.69) is 43.4 Å². The Morgan fingerprint density at radius 2 is 1.87 bits per heavy atom. The highest BCUT2D eigenvalue weighted by Gasteiger charge is 2.57. The molecule has 15 heavy (non-hydrogen) atoms. The van der Waals surface area contributed by atoms with Crippen LogP contribution >= 0.6 is 0 Å². The number of nitrogens with zero attached hydrogens (tertiary/aromatic N) is 1. The van der Waals surface area contributed by atoms with Crippen LogP contribution in [0.25, 0.3) is 0 Å². The van der Waals surface area contributed by atoms with Crippen LogP contribution in [0, 0.1) is 17.3 Å². The standard InChI is InChI=1S/C13H22N2/c1-12-4-6-13(7-5-12,15(2)3)11-9-14-8-10(11)12/h4,6,10-11,14H,5,7-9H2,1-3H3. The lowest BCUT2D eigenvalue weighted by Gasteiger charge is -2.58. The van der Waals surface area contributed by atoms with Crippen LogP contribution in [0.3, 0.4) is 0 Å². The summed E-state index contributed by atoms with van der Waals surface area (Å²) in [4.78, 5) is 2.45. The van der Waals surface area contributed by atoms with Gasteiger partial charge in [0, 0.05) is 12.1 Å². The van der Waals surface area contributed by atoms with Crippen molar-refractivity contribution < 1.29 is 0 Å². The van der Waals surface area contributed by atoms with Gasteiger partial charge in [-0.05, 0) is 50.7 Å². The Morgan fingerprint density at radius 3 is 2.47 bits per heavy atom. The molecular weight excluding hydrogens is 184 g/mol. The Balaban J connectivity index is 2.08. The summed E-state index contributed by atoms with van der Waals surface area (Å²) in [6.45, 7) is 4.89. The van der Waals surface area contributed by atoms with Gasteiger partial charge < -0.3 is 5.32 Å². The van der Waals surface area contributed by atoms with Gasteiger partial charge in [-0.15, -0.1) is 0 Å². The van der Waals surface area contributed by atoms with Crippen molar-refractivity contribution in [2.75, 3.05) is 27.2 Å². The van der Waals surface area contributed by atoms with E-state index in [0.29, 0.717) is 11.0 Å². The summed E-state index contributed by atoms with van der Waals surface area (Å²) in [5.74, 6) is 1.69. The molecule has 4 unspecified atom stereocenters. The van der Waals surface area contributed by atoms with Gasteiger partial charge in [0.25, 0.3) is 0 Å². The predicted octanol–water partition coefficient (Wildman–Crippen LogP) is 1.49. The van der Waals surface area contributed by atoms with E-state index >= 15 is 0 Å². The Bertz CT molecular complexity index is 310. The summed E-state index contributed by atoms with van der Waals surface area (Å²) < 4.78 is 0. The molecule has 4 aliphatic rings. The predicted molar refractivity (Wildman–Crippen MR) is 62.7 cm³/mol. The van der Waals surface area contributed by atoms with Gasteiger partial charge in [-0.3, -0.25) is 4.90 Å². The largest absolute Gasteiger partial charge is 0.316 e. The molecule has 0 amide bonds. The lowest BCUT2D eigenvalue weighted by atomic mass is 9.52. The lowest BCUT2D eigenvalue weighted by molar-refractivity contribution is -0.00881. The quantitative estimate of drug-likeness (QED) is 0.654. The van der Waals surface area contributed by atoms with Crippen LogP contribution in [-0.2, 0) is 0 Å². The van der Waals surface area contributed by atoms with Crippen molar-refractivity contribution in [2.45, 2.75) is 25.3 Å². The van der Waals surface area contributed by atoms with E-state index < -0.39 is 0 Å². The highest BCUT2D eigenvalue weighted by Crippen LogP contribution is 2.57. The number of hydrogen-bond donors (Lipinski definition) is 1. The molecule has 2 bridgehead atoms. The maximum Gasteiger partial charge on any atom is 0.0429 e. The first kappa shape index (κ1) is 9.86. The van der Waals surface area contributed by atoms with Crippen LogP contribution in [0.15, 0.2) is 12.2 Å². The molecule has 84 valence electrons. The minimum absolute atomic E-state index is 0.353. The van der Waals surface area contributed by atoms with Crippen molar-refractivity contribution in [3.8, 4) is 0 Å². The van der Waals surface area contributed by atoms with Crippen LogP contribution in [0.1, 0.15) is 19.8 Å². The molecule has 0 spiro atoms. The zero-order valence-electron chi connectivity index (χ0n) is 10.1. The fourth-order valence-electron chi connectivity index (χ4n) is 4.19. The number of allylic oxidation sites excluding steroid dienone is 1. The fourth-order valence-corrected chi connectivity index (χ4v) is 4.19. The van der Waals surface area contributed by atoms with Gasteiger partial charge in [-0.25, -0.2) is 0 Å².